The van der Waals surface area contributed by atoms with E-state index in [2.05, 4.69) is 26.8 Å². The molecule has 0 aliphatic carbocycles. The second kappa shape index (κ2) is 5.60. The van der Waals surface area contributed by atoms with E-state index < -0.39 is 5.97 Å². The number of carbonyl (C=O) groups is 1. The van der Waals surface area contributed by atoms with Crippen molar-refractivity contribution in [1.29, 1.82) is 0 Å². The zero-order valence-electron chi connectivity index (χ0n) is 12.8. The Balaban J connectivity index is 2.28. The van der Waals surface area contributed by atoms with Crippen molar-refractivity contribution in [3.05, 3.63) is 59.2 Å². The maximum absolute atomic E-state index is 11.0. The van der Waals surface area contributed by atoms with Crippen LogP contribution in [0, 0.1) is 6.92 Å². The second-order valence-corrected chi connectivity index (χ2v) is 6.17. The van der Waals surface area contributed by atoms with Gasteiger partial charge in [0.05, 0.1) is 5.56 Å². The van der Waals surface area contributed by atoms with E-state index in [1.54, 1.807) is 18.2 Å². The van der Waals surface area contributed by atoms with E-state index in [4.69, 9.17) is 9.84 Å². The number of aromatic carboxylic acids is 1. The fraction of sp³-hybridized carbons (Fsp3) is 0.278. The molecule has 0 saturated carbocycles. The molecule has 0 atom stereocenters. The average molecular weight is 284 g/mol. The summed E-state index contributed by atoms with van der Waals surface area (Å²) < 4.78 is 5.80. The van der Waals surface area contributed by atoms with Crippen molar-refractivity contribution in [2.75, 3.05) is 0 Å². The lowest BCUT2D eigenvalue weighted by Crippen LogP contribution is -2.11. The normalized spacial score (nSPS) is 11.2. The molecule has 0 heterocycles. The lowest BCUT2D eigenvalue weighted by molar-refractivity contribution is 0.0696. The highest BCUT2D eigenvalue weighted by atomic mass is 16.5. The van der Waals surface area contributed by atoms with E-state index in [0.717, 1.165) is 11.3 Å². The van der Waals surface area contributed by atoms with Crippen molar-refractivity contribution >= 4 is 5.97 Å². The Bertz CT molecular complexity index is 666. The molecule has 0 aliphatic rings. The van der Waals surface area contributed by atoms with Gasteiger partial charge in [0.2, 0.25) is 0 Å². The molecular formula is C18H20O3. The molecule has 0 spiro atoms. The van der Waals surface area contributed by atoms with Gasteiger partial charge in [-0.1, -0.05) is 39.0 Å². The standard InChI is InChI=1S/C18H20O3/c1-12-10-14(18(2,3)4)8-9-16(12)21-15-7-5-6-13(11-15)17(19)20/h5-11H,1-4H3,(H,19,20). The maximum atomic E-state index is 11.0. The number of hydrogen-bond donors (Lipinski definition) is 1. The van der Waals surface area contributed by atoms with E-state index >= 15 is 0 Å². The van der Waals surface area contributed by atoms with Crippen molar-refractivity contribution in [3.63, 3.8) is 0 Å². The molecule has 0 bridgehead atoms. The molecule has 0 aromatic heterocycles. The number of benzene rings is 2. The number of aryl methyl sites for hydroxylation is 1. The van der Waals surface area contributed by atoms with Crippen molar-refractivity contribution in [2.45, 2.75) is 33.1 Å². The summed E-state index contributed by atoms with van der Waals surface area (Å²) in [5.74, 6) is 0.312. The topological polar surface area (TPSA) is 46.5 Å². The zero-order chi connectivity index (χ0) is 15.6. The Labute approximate surface area is 125 Å². The van der Waals surface area contributed by atoms with Crippen LogP contribution in [0.3, 0.4) is 0 Å². The van der Waals surface area contributed by atoms with Gasteiger partial charge >= 0.3 is 5.97 Å². The maximum Gasteiger partial charge on any atom is 0.335 e. The molecule has 110 valence electrons. The quantitative estimate of drug-likeness (QED) is 0.882. The summed E-state index contributed by atoms with van der Waals surface area (Å²) in [4.78, 5) is 11.0. The van der Waals surface area contributed by atoms with Gasteiger partial charge in [0.1, 0.15) is 11.5 Å². The van der Waals surface area contributed by atoms with Gasteiger partial charge in [0.15, 0.2) is 0 Å². The molecule has 0 fully saturated rings. The monoisotopic (exact) mass is 284 g/mol. The van der Waals surface area contributed by atoms with Crippen LogP contribution in [-0.2, 0) is 5.41 Å². The number of carboxylic acids is 1. The second-order valence-electron chi connectivity index (χ2n) is 6.17. The van der Waals surface area contributed by atoms with E-state index in [1.165, 1.54) is 11.6 Å². The first-order chi connectivity index (χ1) is 9.77. The molecule has 2 aromatic rings. The van der Waals surface area contributed by atoms with Crippen LogP contribution in [0.25, 0.3) is 0 Å². The first-order valence-corrected chi connectivity index (χ1v) is 6.90. The van der Waals surface area contributed by atoms with Gasteiger partial charge in [0.25, 0.3) is 0 Å². The summed E-state index contributed by atoms with van der Waals surface area (Å²) >= 11 is 0. The molecule has 0 radical (unpaired) electrons. The Morgan fingerprint density at radius 3 is 2.38 bits per heavy atom. The highest BCUT2D eigenvalue weighted by molar-refractivity contribution is 5.88. The van der Waals surface area contributed by atoms with Crippen LogP contribution in [0.2, 0.25) is 0 Å². The minimum atomic E-state index is -0.958. The summed E-state index contributed by atoms with van der Waals surface area (Å²) in [5, 5.41) is 9.00. The van der Waals surface area contributed by atoms with Gasteiger partial charge in [-0.2, -0.15) is 0 Å². The summed E-state index contributed by atoms with van der Waals surface area (Å²) in [5.41, 5.74) is 2.58. The molecular weight excluding hydrogens is 264 g/mol. The average Bonchev–Trinajstić information content (AvgIpc) is 2.40. The fourth-order valence-electron chi connectivity index (χ4n) is 2.05. The van der Waals surface area contributed by atoms with E-state index in [1.807, 2.05) is 19.1 Å². The Morgan fingerprint density at radius 2 is 1.81 bits per heavy atom. The zero-order valence-corrected chi connectivity index (χ0v) is 12.8. The fourth-order valence-corrected chi connectivity index (χ4v) is 2.05. The predicted molar refractivity (Wildman–Crippen MR) is 83.4 cm³/mol. The molecule has 2 rings (SSSR count). The van der Waals surface area contributed by atoms with Crippen LogP contribution in [0.1, 0.15) is 42.3 Å². The van der Waals surface area contributed by atoms with Crippen molar-refractivity contribution in [3.8, 4) is 11.5 Å². The summed E-state index contributed by atoms with van der Waals surface area (Å²) in [6, 6.07) is 12.6. The van der Waals surface area contributed by atoms with Crippen molar-refractivity contribution < 1.29 is 14.6 Å². The summed E-state index contributed by atoms with van der Waals surface area (Å²) in [7, 11) is 0. The molecule has 2 aromatic carbocycles. The SMILES string of the molecule is Cc1cc(C(C)(C)C)ccc1Oc1cccc(C(=O)O)c1. The third-order valence-electron chi connectivity index (χ3n) is 3.35. The van der Waals surface area contributed by atoms with Crippen LogP contribution in [0.5, 0.6) is 11.5 Å². The van der Waals surface area contributed by atoms with Crippen molar-refractivity contribution in [2.24, 2.45) is 0 Å². The number of hydrogen-bond acceptors (Lipinski definition) is 2. The van der Waals surface area contributed by atoms with Crippen LogP contribution in [-0.4, -0.2) is 11.1 Å². The van der Waals surface area contributed by atoms with Gasteiger partial charge in [-0.15, -0.1) is 0 Å². The number of carboxylic acid groups (broad SMARTS) is 1. The summed E-state index contributed by atoms with van der Waals surface area (Å²) in [6.07, 6.45) is 0. The molecule has 21 heavy (non-hydrogen) atoms. The minimum absolute atomic E-state index is 0.0898. The smallest absolute Gasteiger partial charge is 0.335 e. The van der Waals surface area contributed by atoms with E-state index in [0.29, 0.717) is 5.75 Å². The van der Waals surface area contributed by atoms with Crippen LogP contribution in [0.4, 0.5) is 0 Å². The largest absolute Gasteiger partial charge is 0.478 e. The Morgan fingerprint density at radius 1 is 1.10 bits per heavy atom. The third-order valence-corrected chi connectivity index (χ3v) is 3.35. The first kappa shape index (κ1) is 15.1. The van der Waals surface area contributed by atoms with Crippen LogP contribution >= 0.6 is 0 Å². The predicted octanol–water partition coefficient (Wildman–Crippen LogP) is 4.78. The van der Waals surface area contributed by atoms with Crippen molar-refractivity contribution in [1.82, 2.24) is 0 Å². The molecule has 0 unspecified atom stereocenters. The third kappa shape index (κ3) is 3.63. The van der Waals surface area contributed by atoms with Crippen LogP contribution in [0.15, 0.2) is 42.5 Å². The van der Waals surface area contributed by atoms with Gasteiger partial charge in [-0.25, -0.2) is 4.79 Å². The lowest BCUT2D eigenvalue weighted by atomic mass is 9.86. The first-order valence-electron chi connectivity index (χ1n) is 6.90. The molecule has 0 aliphatic heterocycles. The summed E-state index contributed by atoms with van der Waals surface area (Å²) in [6.45, 7) is 8.49. The van der Waals surface area contributed by atoms with Gasteiger partial charge in [-0.3, -0.25) is 0 Å². The molecule has 3 nitrogen and oxygen atoms in total. The van der Waals surface area contributed by atoms with Gasteiger partial charge in [0, 0.05) is 0 Å². The molecule has 1 N–H and O–H groups in total. The van der Waals surface area contributed by atoms with Gasteiger partial charge < -0.3 is 9.84 Å². The van der Waals surface area contributed by atoms with E-state index in [-0.39, 0.29) is 11.0 Å². The highest BCUT2D eigenvalue weighted by Gasteiger charge is 2.15. The van der Waals surface area contributed by atoms with Gasteiger partial charge in [-0.05, 0) is 47.7 Å². The Kier molecular flexibility index (Phi) is 4.03. The van der Waals surface area contributed by atoms with Crippen LogP contribution < -0.4 is 4.74 Å². The lowest BCUT2D eigenvalue weighted by Gasteiger charge is -2.20. The van der Waals surface area contributed by atoms with E-state index in [9.17, 15) is 4.79 Å². The molecule has 3 heteroatoms. The molecule has 0 saturated heterocycles. The Hall–Kier alpha value is -2.29. The number of rotatable bonds is 3. The number of ether oxygens (including phenoxy) is 1. The molecule has 0 amide bonds. The minimum Gasteiger partial charge on any atom is -0.478 e. The highest BCUT2D eigenvalue weighted by Crippen LogP contribution is 2.30.